The molecule has 5 rings (SSSR count). The van der Waals surface area contributed by atoms with Crippen LogP contribution in [0, 0.1) is 0 Å². The van der Waals surface area contributed by atoms with Gasteiger partial charge in [-0.1, -0.05) is 18.5 Å². The molecule has 1 aromatic carbocycles. The number of anilines is 1. The van der Waals surface area contributed by atoms with E-state index >= 15 is 0 Å². The summed E-state index contributed by atoms with van der Waals surface area (Å²) in [6.45, 7) is 6.77. The summed E-state index contributed by atoms with van der Waals surface area (Å²) in [7, 11) is 0. The Morgan fingerprint density at radius 2 is 1.98 bits per heavy atom. The Labute approximate surface area is 247 Å². The van der Waals surface area contributed by atoms with Crippen LogP contribution in [0.1, 0.15) is 42.6 Å². The van der Waals surface area contributed by atoms with E-state index in [1.165, 1.54) is 11.0 Å². The predicted octanol–water partition coefficient (Wildman–Crippen LogP) is 5.70. The normalized spacial score (nSPS) is 19.2. The Morgan fingerprint density at radius 3 is 2.69 bits per heavy atom. The van der Waals surface area contributed by atoms with Crippen molar-refractivity contribution in [2.24, 2.45) is 0 Å². The van der Waals surface area contributed by atoms with Crippen molar-refractivity contribution in [1.29, 1.82) is 0 Å². The van der Waals surface area contributed by atoms with Gasteiger partial charge in [0.15, 0.2) is 0 Å². The first kappa shape index (κ1) is 29.9. The number of carbonyl (C=O) groups is 1. The lowest BCUT2D eigenvalue weighted by Gasteiger charge is -2.43. The maximum atomic E-state index is 13.7. The second kappa shape index (κ2) is 12.7. The third-order valence-corrected chi connectivity index (χ3v) is 7.76. The summed E-state index contributed by atoms with van der Waals surface area (Å²) in [4.78, 5) is 26.3. The molecule has 0 saturated carbocycles. The van der Waals surface area contributed by atoms with Crippen LogP contribution in [0.4, 0.5) is 18.9 Å². The maximum absolute atomic E-state index is 13.7. The zero-order valence-electron chi connectivity index (χ0n) is 23.5. The summed E-state index contributed by atoms with van der Waals surface area (Å²) in [6.07, 6.45) is -1.60. The molecule has 2 aromatic heterocycles. The number of alkyl halides is 3. The highest BCUT2D eigenvalue weighted by Crippen LogP contribution is 2.38. The summed E-state index contributed by atoms with van der Waals surface area (Å²) in [5.41, 5.74) is 0.735. The lowest BCUT2D eigenvalue weighted by atomic mass is 10.0. The van der Waals surface area contributed by atoms with E-state index in [9.17, 15) is 18.0 Å². The Morgan fingerprint density at radius 1 is 1.14 bits per heavy atom. The number of benzene rings is 1. The molecule has 12 heteroatoms. The summed E-state index contributed by atoms with van der Waals surface area (Å²) in [6, 6.07) is 10.7. The van der Waals surface area contributed by atoms with Gasteiger partial charge in [-0.25, -0.2) is 9.97 Å². The quantitative estimate of drug-likeness (QED) is 0.354. The Balaban J connectivity index is 1.44. The number of amides is 1. The van der Waals surface area contributed by atoms with Crippen LogP contribution in [-0.4, -0.2) is 72.3 Å². The molecule has 1 amide bonds. The van der Waals surface area contributed by atoms with Gasteiger partial charge < -0.3 is 24.6 Å². The fraction of sp³-hybridized carbons (Fsp3) is 0.433. The molecule has 2 atom stereocenters. The molecule has 224 valence electrons. The van der Waals surface area contributed by atoms with Crippen molar-refractivity contribution >= 4 is 23.2 Å². The first-order valence-corrected chi connectivity index (χ1v) is 14.5. The van der Waals surface area contributed by atoms with Crippen LogP contribution >= 0.6 is 11.6 Å². The first-order valence-electron chi connectivity index (χ1n) is 14.1. The summed E-state index contributed by atoms with van der Waals surface area (Å²) >= 11 is 5.83. The highest BCUT2D eigenvalue weighted by molar-refractivity contribution is 6.30. The summed E-state index contributed by atoms with van der Waals surface area (Å²) in [5, 5.41) is 3.23. The molecule has 2 aliphatic rings. The molecule has 2 aliphatic heterocycles. The molecular weight excluding hydrogens is 571 g/mol. The van der Waals surface area contributed by atoms with E-state index in [2.05, 4.69) is 15.2 Å². The lowest BCUT2D eigenvalue weighted by molar-refractivity contribution is -0.138. The second-order valence-electron chi connectivity index (χ2n) is 10.2. The van der Waals surface area contributed by atoms with Gasteiger partial charge in [-0.2, -0.15) is 13.2 Å². The Hall–Kier alpha value is -3.57. The number of aromatic nitrogens is 2. The minimum Gasteiger partial charge on any atom is -0.477 e. The van der Waals surface area contributed by atoms with E-state index in [-0.39, 0.29) is 30.3 Å². The number of hydrogen-bond acceptors (Lipinski definition) is 7. The fourth-order valence-electron chi connectivity index (χ4n) is 5.43. The standard InChI is InChI=1S/C30H33ClF3N5O3/c1-3-20-18-38(29(40)22-8-7-19(31)16-24(22)30(32,33)34)14-15-39(20)26-10-9-25(23-6-5-12-36-27(23)41-4-2)37-28(26)42-21-11-13-35-17-21/h5-10,12,16,20-21,35H,3-4,11,13-15,17-18H2,1-2H3/t20-,21-/m1/s1. The third-order valence-electron chi connectivity index (χ3n) is 7.53. The predicted molar refractivity (Wildman–Crippen MR) is 154 cm³/mol. The number of nitrogens with one attached hydrogen (secondary N) is 1. The average Bonchev–Trinajstić information content (AvgIpc) is 3.50. The van der Waals surface area contributed by atoms with Gasteiger partial charge in [0.2, 0.25) is 11.8 Å². The van der Waals surface area contributed by atoms with E-state index < -0.39 is 23.2 Å². The lowest BCUT2D eigenvalue weighted by Crippen LogP contribution is -2.55. The van der Waals surface area contributed by atoms with Crippen LogP contribution in [0.3, 0.4) is 0 Å². The monoisotopic (exact) mass is 603 g/mol. The highest BCUT2D eigenvalue weighted by atomic mass is 35.5. The Kier molecular flexibility index (Phi) is 9.08. The van der Waals surface area contributed by atoms with E-state index in [0.29, 0.717) is 43.6 Å². The molecule has 3 aromatic rings. The van der Waals surface area contributed by atoms with Crippen molar-refractivity contribution in [3.05, 3.63) is 64.8 Å². The van der Waals surface area contributed by atoms with Crippen molar-refractivity contribution in [2.45, 2.75) is 45.0 Å². The number of pyridine rings is 2. The van der Waals surface area contributed by atoms with Crippen molar-refractivity contribution < 1.29 is 27.4 Å². The largest absolute Gasteiger partial charge is 0.477 e. The number of ether oxygens (including phenoxy) is 2. The molecule has 0 bridgehead atoms. The topological polar surface area (TPSA) is 79.8 Å². The molecule has 42 heavy (non-hydrogen) atoms. The number of rotatable bonds is 8. The minimum absolute atomic E-state index is 0.0552. The van der Waals surface area contributed by atoms with Crippen molar-refractivity contribution in [2.75, 3.05) is 44.2 Å². The first-order chi connectivity index (χ1) is 20.2. The smallest absolute Gasteiger partial charge is 0.417 e. The van der Waals surface area contributed by atoms with Crippen LogP contribution in [-0.2, 0) is 6.18 Å². The van der Waals surface area contributed by atoms with E-state index in [1.807, 2.05) is 38.1 Å². The Bertz CT molecular complexity index is 1420. The van der Waals surface area contributed by atoms with Crippen molar-refractivity contribution in [1.82, 2.24) is 20.2 Å². The van der Waals surface area contributed by atoms with Gasteiger partial charge in [0.25, 0.3) is 5.91 Å². The maximum Gasteiger partial charge on any atom is 0.417 e. The molecule has 0 spiro atoms. The van der Waals surface area contributed by atoms with Crippen molar-refractivity contribution in [3.8, 4) is 23.0 Å². The third kappa shape index (κ3) is 6.42. The van der Waals surface area contributed by atoms with Crippen LogP contribution < -0.4 is 19.7 Å². The van der Waals surface area contributed by atoms with Crippen LogP contribution in [0.5, 0.6) is 11.8 Å². The average molecular weight is 604 g/mol. The fourth-order valence-corrected chi connectivity index (χ4v) is 5.60. The van der Waals surface area contributed by atoms with Gasteiger partial charge in [0.1, 0.15) is 11.8 Å². The number of nitrogens with zero attached hydrogens (tertiary/aromatic N) is 4. The van der Waals surface area contributed by atoms with Crippen LogP contribution in [0.15, 0.2) is 48.7 Å². The second-order valence-corrected chi connectivity index (χ2v) is 10.7. The molecule has 2 saturated heterocycles. The molecule has 0 unspecified atom stereocenters. The van der Waals surface area contributed by atoms with Gasteiger partial charge in [-0.05, 0) is 68.8 Å². The molecule has 4 heterocycles. The van der Waals surface area contributed by atoms with E-state index in [0.717, 1.165) is 36.3 Å². The number of hydrogen-bond donors (Lipinski definition) is 1. The van der Waals surface area contributed by atoms with Crippen LogP contribution in [0.25, 0.3) is 11.3 Å². The number of halogens is 4. The summed E-state index contributed by atoms with van der Waals surface area (Å²) < 4.78 is 53.4. The zero-order valence-corrected chi connectivity index (χ0v) is 24.2. The molecule has 0 aliphatic carbocycles. The highest BCUT2D eigenvalue weighted by Gasteiger charge is 2.38. The summed E-state index contributed by atoms with van der Waals surface area (Å²) in [5.74, 6) is 0.273. The van der Waals surface area contributed by atoms with Crippen LogP contribution in [0.2, 0.25) is 5.02 Å². The minimum atomic E-state index is -4.70. The van der Waals surface area contributed by atoms with Gasteiger partial charge in [0.05, 0.1) is 29.0 Å². The van der Waals surface area contributed by atoms with E-state index in [1.54, 1.807) is 6.20 Å². The molecule has 8 nitrogen and oxygen atoms in total. The van der Waals surface area contributed by atoms with Gasteiger partial charge >= 0.3 is 6.18 Å². The number of carbonyl (C=O) groups excluding carboxylic acids is 1. The molecule has 1 N–H and O–H groups in total. The zero-order chi connectivity index (χ0) is 29.9. The molecule has 2 fully saturated rings. The van der Waals surface area contributed by atoms with Gasteiger partial charge in [-0.3, -0.25) is 4.79 Å². The van der Waals surface area contributed by atoms with E-state index in [4.69, 9.17) is 26.1 Å². The van der Waals surface area contributed by atoms with Gasteiger partial charge in [-0.15, -0.1) is 0 Å². The molecule has 0 radical (unpaired) electrons. The van der Waals surface area contributed by atoms with Gasteiger partial charge in [0, 0.05) is 43.4 Å². The molecular formula is C30H33ClF3N5O3. The number of piperazine rings is 1. The SMILES string of the molecule is CCOc1ncccc1-c1ccc(N2CCN(C(=O)c3ccc(Cl)cc3C(F)(F)F)C[C@H]2CC)c(O[C@@H]2CCNC2)n1. The van der Waals surface area contributed by atoms with Crippen molar-refractivity contribution in [3.63, 3.8) is 0 Å².